The third-order valence-corrected chi connectivity index (χ3v) is 1.68. The van der Waals surface area contributed by atoms with Crippen LogP contribution >= 0.6 is 0 Å². The minimum Gasteiger partial charge on any atom is -0.383 e. The highest BCUT2D eigenvalue weighted by atomic mass is 16.5. The largest absolute Gasteiger partial charge is 0.383 e. The lowest BCUT2D eigenvalue weighted by Gasteiger charge is -2.27. The molecule has 15 heavy (non-hydrogen) atoms. The van der Waals surface area contributed by atoms with Crippen LogP contribution in [0.3, 0.4) is 0 Å². The highest BCUT2D eigenvalue weighted by molar-refractivity contribution is 5.75. The van der Waals surface area contributed by atoms with E-state index < -0.39 is 0 Å². The molecule has 0 saturated carbocycles. The molecule has 0 fully saturated rings. The molecule has 0 bridgehead atoms. The van der Waals surface area contributed by atoms with Gasteiger partial charge in [0.2, 0.25) is 0 Å². The predicted octanol–water partition coefficient (Wildman–Crippen LogP) is 1.63. The van der Waals surface area contributed by atoms with Crippen molar-refractivity contribution in [1.82, 2.24) is 10.2 Å². The maximum atomic E-state index is 11.8. The first kappa shape index (κ1) is 14.0. The summed E-state index contributed by atoms with van der Waals surface area (Å²) in [6.07, 6.45) is 1.71. The topological polar surface area (TPSA) is 41.6 Å². The van der Waals surface area contributed by atoms with Crippen LogP contribution in [0, 0.1) is 0 Å². The number of amides is 2. The molecule has 0 spiro atoms. The number of hydrogen-bond donors (Lipinski definition) is 1. The van der Waals surface area contributed by atoms with Crippen LogP contribution in [0.2, 0.25) is 0 Å². The van der Waals surface area contributed by atoms with Crippen molar-refractivity contribution >= 4 is 6.03 Å². The van der Waals surface area contributed by atoms with Crippen molar-refractivity contribution < 1.29 is 9.53 Å². The zero-order valence-corrected chi connectivity index (χ0v) is 10.2. The SMILES string of the molecule is C=CCN(CCOC)C(=O)NC(C)(C)C. The number of nitrogens with one attached hydrogen (secondary N) is 1. The lowest BCUT2D eigenvalue weighted by molar-refractivity contribution is 0.150. The van der Waals surface area contributed by atoms with Crippen molar-refractivity contribution in [3.63, 3.8) is 0 Å². The lowest BCUT2D eigenvalue weighted by Crippen LogP contribution is -2.49. The Labute approximate surface area is 92.3 Å². The molecule has 0 aliphatic rings. The molecule has 88 valence electrons. The molecular weight excluding hydrogens is 192 g/mol. The van der Waals surface area contributed by atoms with Gasteiger partial charge in [-0.05, 0) is 20.8 Å². The molecule has 0 aliphatic carbocycles. The highest BCUT2D eigenvalue weighted by Gasteiger charge is 2.18. The number of nitrogens with zero attached hydrogens (tertiary/aromatic N) is 1. The summed E-state index contributed by atoms with van der Waals surface area (Å²) in [4.78, 5) is 13.4. The van der Waals surface area contributed by atoms with E-state index in [1.807, 2.05) is 20.8 Å². The van der Waals surface area contributed by atoms with Gasteiger partial charge in [-0.3, -0.25) is 0 Å². The van der Waals surface area contributed by atoms with Crippen LogP contribution in [0.5, 0.6) is 0 Å². The van der Waals surface area contributed by atoms with Gasteiger partial charge < -0.3 is 15.0 Å². The van der Waals surface area contributed by atoms with E-state index in [2.05, 4.69) is 11.9 Å². The first-order valence-electron chi connectivity index (χ1n) is 5.07. The second kappa shape index (κ2) is 6.45. The van der Waals surface area contributed by atoms with Crippen LogP contribution in [-0.2, 0) is 4.74 Å². The maximum absolute atomic E-state index is 11.8. The fourth-order valence-corrected chi connectivity index (χ4v) is 1.03. The van der Waals surface area contributed by atoms with Crippen molar-refractivity contribution in [2.75, 3.05) is 26.8 Å². The summed E-state index contributed by atoms with van der Waals surface area (Å²) in [5, 5.41) is 2.90. The fourth-order valence-electron chi connectivity index (χ4n) is 1.03. The molecule has 1 N–H and O–H groups in total. The molecule has 2 amide bonds. The molecule has 0 aromatic rings. The number of rotatable bonds is 5. The van der Waals surface area contributed by atoms with E-state index in [4.69, 9.17) is 4.74 Å². The standard InChI is InChI=1S/C11H22N2O2/c1-6-7-13(8-9-15-5)10(14)12-11(2,3)4/h6H,1,7-9H2,2-5H3,(H,12,14). The molecule has 0 aromatic heterocycles. The van der Waals surface area contributed by atoms with Crippen molar-refractivity contribution in [3.05, 3.63) is 12.7 Å². The fraction of sp³-hybridized carbons (Fsp3) is 0.727. The molecule has 0 radical (unpaired) electrons. The van der Waals surface area contributed by atoms with Crippen LogP contribution in [0.4, 0.5) is 4.79 Å². The summed E-state index contributed by atoms with van der Waals surface area (Å²) in [7, 11) is 1.62. The summed E-state index contributed by atoms with van der Waals surface area (Å²) < 4.78 is 4.94. The molecule has 0 saturated heterocycles. The summed E-state index contributed by atoms with van der Waals surface area (Å²) >= 11 is 0. The van der Waals surface area contributed by atoms with E-state index in [-0.39, 0.29) is 11.6 Å². The maximum Gasteiger partial charge on any atom is 0.318 e. The Morgan fingerprint density at radius 3 is 2.53 bits per heavy atom. The first-order valence-corrected chi connectivity index (χ1v) is 5.07. The van der Waals surface area contributed by atoms with E-state index in [1.54, 1.807) is 18.1 Å². The third-order valence-electron chi connectivity index (χ3n) is 1.68. The van der Waals surface area contributed by atoms with E-state index in [9.17, 15) is 4.79 Å². The minimum absolute atomic E-state index is 0.0838. The Hall–Kier alpha value is -1.03. The molecular formula is C11H22N2O2. The Bertz CT molecular complexity index is 209. The Morgan fingerprint density at radius 2 is 2.13 bits per heavy atom. The van der Waals surface area contributed by atoms with Crippen LogP contribution in [0.25, 0.3) is 0 Å². The molecule has 0 atom stereocenters. The molecule has 0 heterocycles. The zero-order valence-electron chi connectivity index (χ0n) is 10.2. The van der Waals surface area contributed by atoms with Gasteiger partial charge in [-0.25, -0.2) is 4.79 Å². The molecule has 0 aliphatic heterocycles. The summed E-state index contributed by atoms with van der Waals surface area (Å²) in [6, 6.07) is -0.0838. The van der Waals surface area contributed by atoms with E-state index in [0.29, 0.717) is 19.7 Å². The van der Waals surface area contributed by atoms with Crippen molar-refractivity contribution in [1.29, 1.82) is 0 Å². The van der Waals surface area contributed by atoms with Crippen molar-refractivity contribution in [3.8, 4) is 0 Å². The summed E-state index contributed by atoms with van der Waals surface area (Å²) in [5.74, 6) is 0. The monoisotopic (exact) mass is 214 g/mol. The number of carbonyl (C=O) groups excluding carboxylic acids is 1. The van der Waals surface area contributed by atoms with Crippen LogP contribution < -0.4 is 5.32 Å². The highest BCUT2D eigenvalue weighted by Crippen LogP contribution is 2.01. The Kier molecular flexibility index (Phi) is 6.01. The van der Waals surface area contributed by atoms with Gasteiger partial charge in [-0.15, -0.1) is 6.58 Å². The number of ether oxygens (including phenoxy) is 1. The second-order valence-corrected chi connectivity index (χ2v) is 4.41. The predicted molar refractivity (Wildman–Crippen MR) is 61.9 cm³/mol. The van der Waals surface area contributed by atoms with Gasteiger partial charge in [0.15, 0.2) is 0 Å². The molecule has 4 nitrogen and oxygen atoms in total. The smallest absolute Gasteiger partial charge is 0.318 e. The second-order valence-electron chi connectivity index (χ2n) is 4.41. The van der Waals surface area contributed by atoms with E-state index in [0.717, 1.165) is 0 Å². The number of urea groups is 1. The number of hydrogen-bond acceptors (Lipinski definition) is 2. The molecule has 0 unspecified atom stereocenters. The van der Waals surface area contributed by atoms with Gasteiger partial charge in [-0.1, -0.05) is 6.08 Å². The van der Waals surface area contributed by atoms with Crippen LogP contribution in [-0.4, -0.2) is 43.3 Å². The van der Waals surface area contributed by atoms with Crippen molar-refractivity contribution in [2.24, 2.45) is 0 Å². The summed E-state index contributed by atoms with van der Waals surface area (Å²) in [5.41, 5.74) is -0.219. The van der Waals surface area contributed by atoms with Gasteiger partial charge in [0.25, 0.3) is 0 Å². The van der Waals surface area contributed by atoms with E-state index in [1.165, 1.54) is 0 Å². The number of methoxy groups -OCH3 is 1. The van der Waals surface area contributed by atoms with Gasteiger partial charge in [0.05, 0.1) is 6.61 Å². The average Bonchev–Trinajstić information content (AvgIpc) is 2.09. The van der Waals surface area contributed by atoms with Crippen LogP contribution in [0.15, 0.2) is 12.7 Å². The molecule has 4 heteroatoms. The quantitative estimate of drug-likeness (QED) is 0.707. The van der Waals surface area contributed by atoms with Crippen molar-refractivity contribution in [2.45, 2.75) is 26.3 Å². The first-order chi connectivity index (χ1) is 6.90. The summed E-state index contributed by atoms with van der Waals surface area (Å²) in [6.45, 7) is 11.1. The van der Waals surface area contributed by atoms with E-state index >= 15 is 0 Å². The molecule has 0 rings (SSSR count). The zero-order chi connectivity index (χ0) is 11.9. The minimum atomic E-state index is -0.219. The molecule has 0 aromatic carbocycles. The van der Waals surface area contributed by atoms with Gasteiger partial charge in [0.1, 0.15) is 0 Å². The third kappa shape index (κ3) is 6.96. The van der Waals surface area contributed by atoms with Gasteiger partial charge in [0, 0.05) is 25.7 Å². The lowest BCUT2D eigenvalue weighted by atomic mass is 10.1. The van der Waals surface area contributed by atoms with Gasteiger partial charge >= 0.3 is 6.03 Å². The average molecular weight is 214 g/mol. The Balaban J connectivity index is 4.21. The van der Waals surface area contributed by atoms with Crippen LogP contribution in [0.1, 0.15) is 20.8 Å². The number of carbonyl (C=O) groups is 1. The Morgan fingerprint density at radius 1 is 1.53 bits per heavy atom. The normalized spacial score (nSPS) is 10.9. The van der Waals surface area contributed by atoms with Gasteiger partial charge in [-0.2, -0.15) is 0 Å².